The molecular weight excluding hydrogens is 354 g/mol. The van der Waals surface area contributed by atoms with Crippen LogP contribution in [-0.4, -0.2) is 54.9 Å². The normalized spacial score (nSPS) is 19.2. The summed E-state index contributed by atoms with van der Waals surface area (Å²) >= 11 is 0. The van der Waals surface area contributed by atoms with E-state index >= 15 is 0 Å². The van der Waals surface area contributed by atoms with Crippen LogP contribution in [0.2, 0.25) is 0 Å². The number of carbonyl (C=O) groups is 1. The third-order valence-corrected chi connectivity index (χ3v) is 3.58. The van der Waals surface area contributed by atoms with E-state index in [-0.39, 0.29) is 6.04 Å². The van der Waals surface area contributed by atoms with E-state index < -0.39 is 23.9 Å². The van der Waals surface area contributed by atoms with Crippen LogP contribution in [0, 0.1) is 0 Å². The zero-order valence-corrected chi connectivity index (χ0v) is 13.5. The Morgan fingerprint density at radius 2 is 1.72 bits per heavy atom. The minimum atomic E-state index is -5.08. The summed E-state index contributed by atoms with van der Waals surface area (Å²) in [6, 6.07) is 5.80. The van der Waals surface area contributed by atoms with E-state index in [9.17, 15) is 26.3 Å². The summed E-state index contributed by atoms with van der Waals surface area (Å²) in [4.78, 5) is 13.1. The number of nitrogens with zero attached hydrogens (tertiary/aromatic N) is 2. The molecule has 0 aliphatic carbocycles. The van der Waals surface area contributed by atoms with Crippen LogP contribution in [0.1, 0.15) is 12.5 Å². The van der Waals surface area contributed by atoms with Gasteiger partial charge in [-0.15, -0.1) is 0 Å². The topological polar surface area (TPSA) is 43.8 Å². The van der Waals surface area contributed by atoms with E-state index in [0.717, 1.165) is 25.7 Å². The van der Waals surface area contributed by atoms with Gasteiger partial charge in [0.05, 0.1) is 5.56 Å². The monoisotopic (exact) mass is 372 g/mol. The van der Waals surface area contributed by atoms with Gasteiger partial charge in [0.1, 0.15) is 0 Å². The second-order valence-corrected chi connectivity index (χ2v) is 5.66. The van der Waals surface area contributed by atoms with Crippen LogP contribution in [-0.2, 0) is 11.0 Å². The molecule has 4 nitrogen and oxygen atoms in total. The van der Waals surface area contributed by atoms with Crippen molar-refractivity contribution in [3.63, 3.8) is 0 Å². The minimum absolute atomic E-state index is 0.229. The van der Waals surface area contributed by atoms with Gasteiger partial charge in [-0.1, -0.05) is 6.07 Å². The molecule has 1 N–H and O–H groups in total. The number of alkyl halides is 6. The molecule has 25 heavy (non-hydrogen) atoms. The maximum absolute atomic E-state index is 12.7. The number of piperazine rings is 1. The fourth-order valence-electron chi connectivity index (χ4n) is 2.38. The highest BCUT2D eigenvalue weighted by Gasteiger charge is 2.38. The zero-order valence-electron chi connectivity index (χ0n) is 13.5. The molecule has 0 spiro atoms. The maximum Gasteiger partial charge on any atom is 0.490 e. The number of carboxylic acid groups (broad SMARTS) is 1. The van der Waals surface area contributed by atoms with Crippen molar-refractivity contribution in [1.29, 1.82) is 0 Å². The summed E-state index contributed by atoms with van der Waals surface area (Å²) in [7, 11) is 2.03. The van der Waals surface area contributed by atoms with E-state index in [4.69, 9.17) is 9.90 Å². The van der Waals surface area contributed by atoms with Crippen LogP contribution in [0.15, 0.2) is 24.3 Å². The number of anilines is 1. The largest absolute Gasteiger partial charge is 0.490 e. The Labute approximate surface area is 140 Å². The first-order valence-electron chi connectivity index (χ1n) is 7.25. The van der Waals surface area contributed by atoms with Gasteiger partial charge in [-0.25, -0.2) is 4.79 Å². The molecule has 142 valence electrons. The van der Waals surface area contributed by atoms with Gasteiger partial charge < -0.3 is 14.9 Å². The third kappa shape index (κ3) is 6.45. The Bertz CT molecular complexity index is 588. The summed E-state index contributed by atoms with van der Waals surface area (Å²) in [5.41, 5.74) is 0.0801. The van der Waals surface area contributed by atoms with Gasteiger partial charge in [-0.3, -0.25) is 0 Å². The smallest absolute Gasteiger partial charge is 0.475 e. The van der Waals surface area contributed by atoms with E-state index in [1.54, 1.807) is 6.07 Å². The van der Waals surface area contributed by atoms with E-state index in [1.807, 2.05) is 18.9 Å². The number of halogens is 6. The lowest BCUT2D eigenvalue weighted by molar-refractivity contribution is -0.192. The first kappa shape index (κ1) is 21.1. The average Bonchev–Trinajstić information content (AvgIpc) is 2.46. The van der Waals surface area contributed by atoms with Crippen LogP contribution < -0.4 is 4.90 Å². The Balaban J connectivity index is 0.000000381. The molecule has 1 aromatic carbocycles. The second kappa shape index (κ2) is 7.94. The molecule has 0 radical (unpaired) electrons. The molecule has 10 heteroatoms. The van der Waals surface area contributed by atoms with Crippen molar-refractivity contribution in [2.75, 3.05) is 31.6 Å². The van der Waals surface area contributed by atoms with Crippen LogP contribution in [0.25, 0.3) is 0 Å². The minimum Gasteiger partial charge on any atom is -0.475 e. The number of likely N-dealkylation sites (N-methyl/N-ethyl adjacent to an activating group) is 1. The Morgan fingerprint density at radius 3 is 2.16 bits per heavy atom. The predicted molar refractivity (Wildman–Crippen MR) is 79.4 cm³/mol. The average molecular weight is 372 g/mol. The summed E-state index contributed by atoms with van der Waals surface area (Å²) in [5, 5.41) is 7.12. The molecule has 0 amide bonds. The van der Waals surface area contributed by atoms with Gasteiger partial charge in [0, 0.05) is 31.4 Å². The Hall–Kier alpha value is -1.97. The number of benzene rings is 1. The highest BCUT2D eigenvalue weighted by Crippen LogP contribution is 2.32. The number of hydrogen-bond donors (Lipinski definition) is 1. The van der Waals surface area contributed by atoms with E-state index in [0.29, 0.717) is 5.69 Å². The van der Waals surface area contributed by atoms with Gasteiger partial charge in [-0.05, 0) is 32.2 Å². The Kier molecular flexibility index (Phi) is 6.69. The van der Waals surface area contributed by atoms with Crippen molar-refractivity contribution in [3.05, 3.63) is 29.8 Å². The van der Waals surface area contributed by atoms with Crippen molar-refractivity contribution in [1.82, 2.24) is 4.90 Å². The molecular formula is C15H18F6N2O2. The van der Waals surface area contributed by atoms with Crippen molar-refractivity contribution in [3.8, 4) is 0 Å². The van der Waals surface area contributed by atoms with Gasteiger partial charge >= 0.3 is 18.3 Å². The third-order valence-electron chi connectivity index (χ3n) is 3.58. The fraction of sp³-hybridized carbons (Fsp3) is 0.533. The van der Waals surface area contributed by atoms with Crippen molar-refractivity contribution in [2.24, 2.45) is 0 Å². The van der Waals surface area contributed by atoms with Gasteiger partial charge in [0.2, 0.25) is 0 Å². The number of rotatable bonds is 1. The van der Waals surface area contributed by atoms with Crippen LogP contribution in [0.3, 0.4) is 0 Å². The first-order valence-corrected chi connectivity index (χ1v) is 7.25. The molecule has 1 aliphatic heterocycles. The van der Waals surface area contributed by atoms with Crippen molar-refractivity contribution >= 4 is 11.7 Å². The van der Waals surface area contributed by atoms with E-state index in [2.05, 4.69) is 4.90 Å². The molecule has 1 heterocycles. The molecule has 0 unspecified atom stereocenters. The summed E-state index contributed by atoms with van der Waals surface area (Å²) in [5.74, 6) is -2.76. The maximum atomic E-state index is 12.7. The summed E-state index contributed by atoms with van der Waals surface area (Å²) < 4.78 is 69.7. The molecule has 1 fully saturated rings. The lowest BCUT2D eigenvalue weighted by Gasteiger charge is -2.40. The molecule has 0 saturated carbocycles. The molecule has 1 aromatic rings. The number of carboxylic acids is 1. The Morgan fingerprint density at radius 1 is 1.16 bits per heavy atom. The van der Waals surface area contributed by atoms with Gasteiger partial charge in [0.25, 0.3) is 0 Å². The van der Waals surface area contributed by atoms with E-state index in [1.165, 1.54) is 12.1 Å². The lowest BCUT2D eigenvalue weighted by atomic mass is 10.1. The molecule has 1 saturated heterocycles. The predicted octanol–water partition coefficient (Wildman–Crippen LogP) is 3.48. The van der Waals surface area contributed by atoms with Crippen molar-refractivity contribution < 1.29 is 36.2 Å². The molecule has 2 rings (SSSR count). The quantitative estimate of drug-likeness (QED) is 0.767. The zero-order chi connectivity index (χ0) is 19.4. The SMILES string of the molecule is C[C@H]1CN(C)CCN1c1cccc(C(F)(F)F)c1.O=C(O)C(F)(F)F. The second-order valence-electron chi connectivity index (χ2n) is 5.66. The van der Waals surface area contributed by atoms with Crippen molar-refractivity contribution in [2.45, 2.75) is 25.3 Å². The lowest BCUT2D eigenvalue weighted by Crippen LogP contribution is -2.50. The number of aliphatic carboxylic acids is 1. The van der Waals surface area contributed by atoms with Crippen LogP contribution in [0.5, 0.6) is 0 Å². The molecule has 0 aromatic heterocycles. The molecule has 1 atom stereocenters. The van der Waals surface area contributed by atoms with Gasteiger partial charge in [0.15, 0.2) is 0 Å². The van der Waals surface area contributed by atoms with Gasteiger partial charge in [-0.2, -0.15) is 26.3 Å². The standard InChI is InChI=1S/C13H17F3N2.C2HF3O2/c1-10-9-17(2)6-7-18(10)12-5-3-4-11(8-12)13(14,15)16;3-2(4,5)1(6)7/h3-5,8,10H,6-7,9H2,1-2H3;(H,6,7)/t10-;/m0./s1. The highest BCUT2D eigenvalue weighted by molar-refractivity contribution is 5.73. The van der Waals surface area contributed by atoms with Crippen LogP contribution in [0.4, 0.5) is 32.0 Å². The molecule has 0 bridgehead atoms. The molecule has 1 aliphatic rings. The summed E-state index contributed by atoms with van der Waals surface area (Å²) in [6.07, 6.45) is -9.36. The fourth-order valence-corrected chi connectivity index (χ4v) is 2.38. The first-order chi connectivity index (χ1) is 11.3. The highest BCUT2D eigenvalue weighted by atomic mass is 19.4. The van der Waals surface area contributed by atoms with Crippen LogP contribution >= 0.6 is 0 Å². The number of hydrogen-bond acceptors (Lipinski definition) is 3. The summed E-state index contributed by atoms with van der Waals surface area (Å²) in [6.45, 7) is 4.55.